The summed E-state index contributed by atoms with van der Waals surface area (Å²) in [6.45, 7) is -4.74. The summed E-state index contributed by atoms with van der Waals surface area (Å²) in [5.41, 5.74) is -1.51. The molecule has 2 unspecified atom stereocenters. The Balaban J connectivity index is 1.54. The Labute approximate surface area is 595 Å². The number of hydrogen-bond acceptors (Lipinski definition) is 40. The number of benzene rings is 5. The first-order valence-electron chi connectivity index (χ1n) is 29.8. The maximum absolute atomic E-state index is 13.6. The fourth-order valence-electron chi connectivity index (χ4n) is 9.32. The highest BCUT2D eigenvalue weighted by Crippen LogP contribution is 2.43. The van der Waals surface area contributed by atoms with E-state index < -0.39 is 124 Å². The van der Waals surface area contributed by atoms with Gasteiger partial charge in [0.2, 0.25) is 28.7 Å². The maximum atomic E-state index is 13.6. The van der Waals surface area contributed by atoms with Crippen molar-refractivity contribution in [3.05, 3.63) is 88.5 Å². The van der Waals surface area contributed by atoms with Gasteiger partial charge in [-0.25, -0.2) is 72.8 Å². The number of methoxy groups -OCH3 is 15. The number of ether oxygens (including phenoxy) is 20. The third-order valence-corrected chi connectivity index (χ3v) is 14.3. The van der Waals surface area contributed by atoms with E-state index in [1.54, 1.807) is 0 Å². The van der Waals surface area contributed by atoms with Gasteiger partial charge >= 0.3 is 60.6 Å². The standard InChI is InChI=1S/C65H72O40/c1-76-41-20-35(21-42(77-2)51(41)86-11)56(66)96-101-61(71)91-18-16-33(30-93-63(73)103-98-58(68)37-24-45(80-5)53(88-13)46(25-37)81-6)40(32-95-65(75)105-100-60(70)39-28-49(84-9)55(90-15)50(29-39)85-10)34(31-94-64(74)104-99-59(69)38-26-47(82-7)54(89-14)48(27-38)83-8)17-19-92-62(72)102-97-57(67)36-22-43(78-3)52(87-12)44(23-36)79-4/h20-29,33-34,40H,16-19,30-32H2,1-15H3. The molecule has 5 rings (SSSR count). The smallest absolute Gasteiger partial charge is 0.493 e. The van der Waals surface area contributed by atoms with Gasteiger partial charge in [0, 0.05) is 17.8 Å². The third-order valence-electron chi connectivity index (χ3n) is 14.3. The molecule has 0 N–H and O–H groups in total. The summed E-state index contributed by atoms with van der Waals surface area (Å²) in [6.07, 6.45) is -9.94. The SMILES string of the molecule is COc1cc(C(=O)OOC(=O)OCCC(COC(=O)OOC(=O)c2cc(OC)c(OC)c(OC)c2)C(COC(=O)OOC(=O)c2cc(OC)c(OC)c(OC)c2)C(CCOC(=O)OOC(=O)c2cc(OC)c(OC)c(OC)c2)COC(=O)OOC(=O)c2cc(OC)c(OC)c(OC)c2)cc(OC)c1OC. The topological polar surface area (TPSA) is 448 Å². The van der Waals surface area contributed by atoms with E-state index in [0.717, 1.165) is 60.7 Å². The fraction of sp³-hybridized carbons (Fsp3) is 0.385. The van der Waals surface area contributed by atoms with E-state index in [1.807, 2.05) is 0 Å². The Hall–Kier alpha value is -13.2. The molecule has 572 valence electrons. The van der Waals surface area contributed by atoms with E-state index in [9.17, 15) is 47.9 Å². The molecule has 5 aromatic carbocycles. The van der Waals surface area contributed by atoms with E-state index in [4.69, 9.17) is 134 Å². The summed E-state index contributed by atoms with van der Waals surface area (Å²) in [7, 11) is 19.0. The van der Waals surface area contributed by atoms with Gasteiger partial charge in [-0.05, 0) is 73.5 Å². The molecule has 0 aromatic heterocycles. The molecule has 0 aliphatic rings. The lowest BCUT2D eigenvalue weighted by Crippen LogP contribution is -2.37. The minimum Gasteiger partial charge on any atom is -0.493 e. The molecule has 40 nitrogen and oxygen atoms in total. The van der Waals surface area contributed by atoms with Crippen LogP contribution < -0.4 is 71.1 Å². The van der Waals surface area contributed by atoms with Gasteiger partial charge in [0.15, 0.2) is 57.5 Å². The average Bonchev–Trinajstić information content (AvgIpc) is 0.853. The summed E-state index contributed by atoms with van der Waals surface area (Å²) < 4.78 is 106. The molecule has 0 aliphatic heterocycles. The van der Waals surface area contributed by atoms with Crippen molar-refractivity contribution < 1.29 is 192 Å². The summed E-state index contributed by atoms with van der Waals surface area (Å²) in [5, 5.41) is 0. The minimum absolute atomic E-state index is 0.00122. The lowest BCUT2D eigenvalue weighted by atomic mass is 9.79. The molecule has 105 heavy (non-hydrogen) atoms. The van der Waals surface area contributed by atoms with Gasteiger partial charge in [-0.15, -0.1) is 0 Å². The molecular formula is C65H72O40. The summed E-state index contributed by atoms with van der Waals surface area (Å²) in [5.74, 6) is -11.0. The van der Waals surface area contributed by atoms with Crippen LogP contribution in [0.3, 0.4) is 0 Å². The van der Waals surface area contributed by atoms with E-state index in [1.165, 1.54) is 107 Å². The van der Waals surface area contributed by atoms with Crippen LogP contribution in [0.25, 0.3) is 0 Å². The lowest BCUT2D eigenvalue weighted by Gasteiger charge is -2.32. The van der Waals surface area contributed by atoms with Crippen molar-refractivity contribution in [2.45, 2.75) is 12.8 Å². The van der Waals surface area contributed by atoms with E-state index >= 15 is 0 Å². The normalized spacial score (nSPS) is 11.2. The van der Waals surface area contributed by atoms with Gasteiger partial charge in [-0.2, -0.15) is 24.0 Å². The van der Waals surface area contributed by atoms with Gasteiger partial charge in [0.05, 0.1) is 167 Å². The number of rotatable bonds is 34. The van der Waals surface area contributed by atoms with Crippen LogP contribution in [0.1, 0.15) is 64.6 Å². The number of carbonyl (C=O) groups is 10. The second-order valence-corrected chi connectivity index (χ2v) is 20.0. The monoisotopic (exact) mass is 1490 g/mol. The van der Waals surface area contributed by atoms with Crippen molar-refractivity contribution in [2.75, 3.05) is 140 Å². The van der Waals surface area contributed by atoms with Crippen molar-refractivity contribution in [1.82, 2.24) is 0 Å². The Morgan fingerprint density at radius 3 is 0.571 bits per heavy atom. The molecule has 0 saturated carbocycles. The van der Waals surface area contributed by atoms with Crippen LogP contribution >= 0.6 is 0 Å². The third kappa shape index (κ3) is 22.9. The fourth-order valence-corrected chi connectivity index (χ4v) is 9.32. The van der Waals surface area contributed by atoms with Crippen LogP contribution in [-0.2, 0) is 72.6 Å². The molecule has 40 heteroatoms. The van der Waals surface area contributed by atoms with E-state index in [2.05, 4.69) is 9.78 Å². The van der Waals surface area contributed by atoms with Gasteiger partial charge in [0.1, 0.15) is 0 Å². The van der Waals surface area contributed by atoms with Crippen molar-refractivity contribution in [3.63, 3.8) is 0 Å². The molecule has 0 bridgehead atoms. The summed E-state index contributed by atoms with van der Waals surface area (Å²) >= 11 is 0. The van der Waals surface area contributed by atoms with Crippen molar-refractivity contribution in [3.8, 4) is 86.2 Å². The van der Waals surface area contributed by atoms with Crippen molar-refractivity contribution >= 4 is 60.6 Å². The Morgan fingerprint density at radius 1 is 0.229 bits per heavy atom. The lowest BCUT2D eigenvalue weighted by molar-refractivity contribution is -0.210. The predicted molar refractivity (Wildman–Crippen MR) is 339 cm³/mol. The largest absolute Gasteiger partial charge is 0.549 e. The molecule has 5 aromatic rings. The van der Waals surface area contributed by atoms with E-state index in [0.29, 0.717) is 0 Å². The zero-order chi connectivity index (χ0) is 77.3. The number of carbonyl (C=O) groups excluding carboxylic acids is 10. The molecule has 0 radical (unpaired) electrons. The predicted octanol–water partition coefficient (Wildman–Crippen LogP) is 8.37. The van der Waals surface area contributed by atoms with Crippen molar-refractivity contribution in [1.29, 1.82) is 0 Å². The highest BCUT2D eigenvalue weighted by Gasteiger charge is 2.36. The maximum Gasteiger partial charge on any atom is 0.549 e. The Kier molecular flexibility index (Phi) is 32.6. The van der Waals surface area contributed by atoms with Crippen LogP contribution in [0.2, 0.25) is 0 Å². The molecule has 0 amide bonds. The van der Waals surface area contributed by atoms with Gasteiger partial charge in [-0.3, -0.25) is 0 Å². The summed E-state index contributed by atoms with van der Waals surface area (Å²) in [6, 6.07) is 11.5. The Bertz CT molecular complexity index is 3520. The zero-order valence-electron chi connectivity index (χ0n) is 58.8. The first kappa shape index (κ1) is 82.5. The van der Waals surface area contributed by atoms with Gasteiger partial charge < -0.3 is 94.7 Å². The van der Waals surface area contributed by atoms with Crippen LogP contribution in [0.4, 0.5) is 24.0 Å². The van der Waals surface area contributed by atoms with Crippen molar-refractivity contribution in [2.24, 2.45) is 17.8 Å². The van der Waals surface area contributed by atoms with Gasteiger partial charge in [0.25, 0.3) is 0 Å². The molecule has 0 spiro atoms. The number of hydrogen-bond donors (Lipinski definition) is 0. The van der Waals surface area contributed by atoms with Crippen LogP contribution in [0, 0.1) is 17.8 Å². The highest BCUT2D eigenvalue weighted by atomic mass is 17.3. The molecule has 2 atom stereocenters. The second-order valence-electron chi connectivity index (χ2n) is 20.0. The molecule has 0 fully saturated rings. The quantitative estimate of drug-likeness (QED) is 0.0161. The molecule has 0 heterocycles. The summed E-state index contributed by atoms with van der Waals surface area (Å²) in [4.78, 5) is 180. The van der Waals surface area contributed by atoms with Crippen LogP contribution in [0.15, 0.2) is 60.7 Å². The highest BCUT2D eigenvalue weighted by molar-refractivity contribution is 5.94. The Morgan fingerprint density at radius 2 is 0.400 bits per heavy atom. The zero-order valence-corrected chi connectivity index (χ0v) is 58.8. The van der Waals surface area contributed by atoms with Crippen LogP contribution in [-0.4, -0.2) is 200 Å². The average molecular weight is 1490 g/mol. The molecule has 0 aliphatic carbocycles. The molecular weight excluding hydrogens is 1420 g/mol. The molecule has 0 saturated heterocycles. The second kappa shape index (κ2) is 41.5. The van der Waals surface area contributed by atoms with Crippen LogP contribution in [0.5, 0.6) is 86.2 Å². The first-order chi connectivity index (χ1) is 50.5. The van der Waals surface area contributed by atoms with E-state index in [-0.39, 0.29) is 114 Å². The minimum atomic E-state index is -1.79. The van der Waals surface area contributed by atoms with Gasteiger partial charge in [-0.1, -0.05) is 0 Å². The first-order valence-corrected chi connectivity index (χ1v) is 29.8.